The molecular weight excluding hydrogens is 392 g/mol. The van der Waals surface area contributed by atoms with E-state index in [1.807, 2.05) is 10.9 Å². The van der Waals surface area contributed by atoms with E-state index in [1.54, 1.807) is 4.90 Å². The zero-order valence-electron chi connectivity index (χ0n) is 17.7. The SMILES string of the molecule is NCCCCCn1cc(COCCOCCOCC(=O)N2CCC(ON)CC2)nn1. The lowest BCUT2D eigenvalue weighted by molar-refractivity contribution is -0.139. The number of rotatable bonds is 16. The zero-order valence-corrected chi connectivity index (χ0v) is 17.7. The second kappa shape index (κ2) is 15.2. The highest BCUT2D eigenvalue weighted by Gasteiger charge is 2.22. The maximum Gasteiger partial charge on any atom is 0.248 e. The van der Waals surface area contributed by atoms with Crippen molar-refractivity contribution in [1.29, 1.82) is 0 Å². The summed E-state index contributed by atoms with van der Waals surface area (Å²) in [6, 6.07) is 0. The molecule has 172 valence electrons. The van der Waals surface area contributed by atoms with E-state index in [9.17, 15) is 4.79 Å². The summed E-state index contributed by atoms with van der Waals surface area (Å²) in [5.41, 5.74) is 6.29. The van der Waals surface area contributed by atoms with Gasteiger partial charge in [0, 0.05) is 19.6 Å². The second-order valence-corrected chi connectivity index (χ2v) is 7.26. The molecule has 1 aromatic rings. The number of carbonyl (C=O) groups excluding carboxylic acids is 1. The van der Waals surface area contributed by atoms with Crippen molar-refractivity contribution in [3.05, 3.63) is 11.9 Å². The van der Waals surface area contributed by atoms with Gasteiger partial charge in [-0.05, 0) is 32.2 Å². The van der Waals surface area contributed by atoms with Gasteiger partial charge in [0.05, 0.1) is 45.3 Å². The predicted molar refractivity (Wildman–Crippen MR) is 109 cm³/mol. The van der Waals surface area contributed by atoms with Gasteiger partial charge < -0.3 is 29.7 Å². The zero-order chi connectivity index (χ0) is 21.4. The maximum atomic E-state index is 12.0. The van der Waals surface area contributed by atoms with Gasteiger partial charge in [0.1, 0.15) is 12.3 Å². The quantitative estimate of drug-likeness (QED) is 0.271. The summed E-state index contributed by atoms with van der Waals surface area (Å²) in [5.74, 6) is 5.16. The molecule has 1 fully saturated rings. The first-order chi connectivity index (χ1) is 14.7. The Hall–Kier alpha value is -1.63. The number of nitrogens with zero attached hydrogens (tertiary/aromatic N) is 4. The van der Waals surface area contributed by atoms with E-state index in [2.05, 4.69) is 10.3 Å². The Morgan fingerprint density at radius 3 is 2.53 bits per heavy atom. The summed E-state index contributed by atoms with van der Waals surface area (Å²) >= 11 is 0. The molecule has 1 saturated heterocycles. The normalized spacial score (nSPS) is 15.1. The van der Waals surface area contributed by atoms with E-state index in [0.29, 0.717) is 46.1 Å². The van der Waals surface area contributed by atoms with Crippen LogP contribution in [0.25, 0.3) is 0 Å². The van der Waals surface area contributed by atoms with Crippen LogP contribution < -0.4 is 11.6 Å². The average molecular weight is 429 g/mol. The van der Waals surface area contributed by atoms with Crippen LogP contribution in [0.3, 0.4) is 0 Å². The number of hydrogen-bond donors (Lipinski definition) is 2. The molecule has 0 atom stereocenters. The van der Waals surface area contributed by atoms with Crippen LogP contribution in [0.15, 0.2) is 6.20 Å². The fraction of sp³-hybridized carbons (Fsp3) is 0.842. The number of aryl methyl sites for hydroxylation is 1. The Bertz CT molecular complexity index is 580. The lowest BCUT2D eigenvalue weighted by Crippen LogP contribution is -2.43. The molecule has 0 radical (unpaired) electrons. The molecule has 0 saturated carbocycles. The number of carbonyl (C=O) groups is 1. The fourth-order valence-corrected chi connectivity index (χ4v) is 3.12. The number of hydrogen-bond acceptors (Lipinski definition) is 9. The summed E-state index contributed by atoms with van der Waals surface area (Å²) in [7, 11) is 0. The molecule has 0 unspecified atom stereocenters. The molecule has 2 rings (SSSR count). The van der Waals surface area contributed by atoms with Crippen molar-refractivity contribution in [3.8, 4) is 0 Å². The highest BCUT2D eigenvalue weighted by atomic mass is 16.6. The predicted octanol–water partition coefficient (Wildman–Crippen LogP) is -0.162. The minimum Gasteiger partial charge on any atom is -0.377 e. The van der Waals surface area contributed by atoms with Crippen LogP contribution in [-0.4, -0.2) is 84.6 Å². The molecular formula is C19H36N6O5. The van der Waals surface area contributed by atoms with Crippen LogP contribution in [0.5, 0.6) is 0 Å². The maximum absolute atomic E-state index is 12.0. The molecule has 11 nitrogen and oxygen atoms in total. The molecule has 1 amide bonds. The van der Waals surface area contributed by atoms with Gasteiger partial charge in [-0.1, -0.05) is 11.6 Å². The molecule has 1 aliphatic heterocycles. The van der Waals surface area contributed by atoms with Gasteiger partial charge in [0.2, 0.25) is 5.91 Å². The van der Waals surface area contributed by atoms with Crippen molar-refractivity contribution in [1.82, 2.24) is 19.9 Å². The summed E-state index contributed by atoms with van der Waals surface area (Å²) in [5, 5.41) is 8.17. The first-order valence-electron chi connectivity index (χ1n) is 10.7. The Morgan fingerprint density at radius 2 is 1.80 bits per heavy atom. The standard InChI is InChI=1S/C19H36N6O5/c20-6-2-1-3-7-25-14-17(22-23-25)15-28-12-10-27-11-13-29-16-19(26)24-8-4-18(30-21)5-9-24/h14,18H,1-13,15-16,20-21H2. The molecule has 30 heavy (non-hydrogen) atoms. The molecule has 2 heterocycles. The van der Waals surface area contributed by atoms with Crippen molar-refractivity contribution in [2.24, 2.45) is 11.6 Å². The van der Waals surface area contributed by atoms with Crippen LogP contribution in [0.4, 0.5) is 0 Å². The lowest BCUT2D eigenvalue weighted by Gasteiger charge is -2.30. The number of ether oxygens (including phenoxy) is 3. The largest absolute Gasteiger partial charge is 0.377 e. The van der Waals surface area contributed by atoms with Crippen molar-refractivity contribution < 1.29 is 23.8 Å². The molecule has 1 aliphatic rings. The Labute approximate surface area is 177 Å². The topological polar surface area (TPSA) is 140 Å². The number of amides is 1. The first-order valence-corrected chi connectivity index (χ1v) is 10.7. The van der Waals surface area contributed by atoms with E-state index >= 15 is 0 Å². The molecule has 0 aromatic carbocycles. The number of likely N-dealkylation sites (tertiary alicyclic amines) is 1. The Balaban J connectivity index is 1.40. The van der Waals surface area contributed by atoms with E-state index in [1.165, 1.54) is 0 Å². The van der Waals surface area contributed by atoms with E-state index in [0.717, 1.165) is 50.9 Å². The number of nitrogens with two attached hydrogens (primary N) is 2. The Kier molecular flexibility index (Phi) is 12.5. The first kappa shape index (κ1) is 24.6. The Morgan fingerprint density at radius 1 is 1.07 bits per heavy atom. The number of piperidine rings is 1. The minimum absolute atomic E-state index is 0.0127. The van der Waals surface area contributed by atoms with Crippen molar-refractivity contribution >= 4 is 5.91 Å². The number of unbranched alkanes of at least 4 members (excludes halogenated alkanes) is 2. The smallest absolute Gasteiger partial charge is 0.248 e. The fourth-order valence-electron chi connectivity index (χ4n) is 3.12. The van der Waals surface area contributed by atoms with Gasteiger partial charge in [0.25, 0.3) is 0 Å². The third-order valence-corrected chi connectivity index (χ3v) is 4.88. The van der Waals surface area contributed by atoms with Crippen LogP contribution >= 0.6 is 0 Å². The molecule has 1 aromatic heterocycles. The average Bonchev–Trinajstić information content (AvgIpc) is 3.23. The van der Waals surface area contributed by atoms with E-state index < -0.39 is 0 Å². The van der Waals surface area contributed by atoms with E-state index in [4.69, 9.17) is 30.7 Å². The van der Waals surface area contributed by atoms with Gasteiger partial charge in [-0.25, -0.2) is 5.90 Å². The van der Waals surface area contributed by atoms with Gasteiger partial charge in [-0.3, -0.25) is 9.48 Å². The summed E-state index contributed by atoms with van der Waals surface area (Å²) in [4.78, 5) is 18.6. The van der Waals surface area contributed by atoms with Gasteiger partial charge in [-0.15, -0.1) is 5.10 Å². The van der Waals surface area contributed by atoms with Crippen LogP contribution in [-0.2, 0) is 37.0 Å². The van der Waals surface area contributed by atoms with Crippen LogP contribution in [0.2, 0.25) is 0 Å². The summed E-state index contributed by atoms with van der Waals surface area (Å²) < 4.78 is 18.2. The minimum atomic E-state index is -0.0127. The third kappa shape index (κ3) is 9.92. The summed E-state index contributed by atoms with van der Waals surface area (Å²) in [6.07, 6.45) is 6.65. The highest BCUT2D eigenvalue weighted by Crippen LogP contribution is 2.12. The van der Waals surface area contributed by atoms with Crippen LogP contribution in [0, 0.1) is 0 Å². The third-order valence-electron chi connectivity index (χ3n) is 4.88. The highest BCUT2D eigenvalue weighted by molar-refractivity contribution is 5.77. The van der Waals surface area contributed by atoms with Crippen molar-refractivity contribution in [2.45, 2.75) is 51.4 Å². The van der Waals surface area contributed by atoms with Gasteiger partial charge in [-0.2, -0.15) is 0 Å². The van der Waals surface area contributed by atoms with E-state index in [-0.39, 0.29) is 18.6 Å². The number of aromatic nitrogens is 3. The molecule has 0 bridgehead atoms. The molecule has 0 aliphatic carbocycles. The van der Waals surface area contributed by atoms with Gasteiger partial charge >= 0.3 is 0 Å². The van der Waals surface area contributed by atoms with Crippen molar-refractivity contribution in [3.63, 3.8) is 0 Å². The summed E-state index contributed by atoms with van der Waals surface area (Å²) in [6.45, 7) is 5.05. The monoisotopic (exact) mass is 428 g/mol. The lowest BCUT2D eigenvalue weighted by atomic mass is 10.1. The van der Waals surface area contributed by atoms with Gasteiger partial charge in [0.15, 0.2) is 0 Å². The molecule has 11 heteroatoms. The van der Waals surface area contributed by atoms with Crippen molar-refractivity contribution in [2.75, 3.05) is 52.7 Å². The second-order valence-electron chi connectivity index (χ2n) is 7.26. The van der Waals surface area contributed by atoms with Crippen LogP contribution in [0.1, 0.15) is 37.8 Å². The molecule has 4 N–H and O–H groups in total. The molecule has 0 spiro atoms.